The first kappa shape index (κ1) is 50.6. The molecule has 338 valence electrons. The number of anilines is 1. The van der Waals surface area contributed by atoms with Crippen molar-refractivity contribution in [3.05, 3.63) is 173 Å². The number of nitrogens with one attached hydrogen (secondary N) is 4. The molecule has 16 nitrogen and oxygen atoms in total. The van der Waals surface area contributed by atoms with Gasteiger partial charge in [-0.25, -0.2) is 40.2 Å². The molecule has 4 N–H and O–H groups in total. The first-order valence-electron chi connectivity index (χ1n) is 20.1. The zero-order valence-corrected chi connectivity index (χ0v) is 42.2. The van der Waals surface area contributed by atoms with E-state index in [1.165, 1.54) is 19.0 Å². The van der Waals surface area contributed by atoms with Gasteiger partial charge in [0.15, 0.2) is 0 Å². The summed E-state index contributed by atoms with van der Waals surface area (Å²) < 4.78 is 88.9. The number of rotatable bonds is 11. The zero-order chi connectivity index (χ0) is 46.6. The molecule has 0 aliphatic heterocycles. The molecule has 0 fully saturated rings. The van der Waals surface area contributed by atoms with E-state index in [1.54, 1.807) is 109 Å². The second-order valence-electron chi connectivity index (χ2n) is 14.2. The summed E-state index contributed by atoms with van der Waals surface area (Å²) in [7, 11) is -11.1. The Balaban J connectivity index is 0.000000175. The minimum Gasteiger partial charge on any atom is -0.571 e. The van der Waals surface area contributed by atoms with E-state index in [1.807, 2.05) is 52.8 Å². The van der Waals surface area contributed by atoms with Crippen LogP contribution < -0.4 is 4.72 Å². The minimum absolute atomic E-state index is 0. The Morgan fingerprint density at radius 1 is 0.515 bits per heavy atom. The average molecular weight is 1000 g/mol. The van der Waals surface area contributed by atoms with E-state index in [4.69, 9.17) is 4.74 Å². The number of fused-ring (bicyclic) bond motifs is 3. The Hall–Kier alpha value is -6.44. The molecule has 0 bridgehead atoms. The van der Waals surface area contributed by atoms with E-state index in [0.29, 0.717) is 39.1 Å². The van der Waals surface area contributed by atoms with E-state index in [-0.39, 0.29) is 34.2 Å². The Labute approximate surface area is 397 Å². The number of aromatic amines is 3. The van der Waals surface area contributed by atoms with E-state index in [2.05, 4.69) is 44.1 Å². The summed E-state index contributed by atoms with van der Waals surface area (Å²) >= 11 is 0. The van der Waals surface area contributed by atoms with Crippen LogP contribution in [0.1, 0.15) is 30.5 Å². The molecule has 0 radical (unpaired) electrons. The number of imidazole rings is 3. The number of hydrogen-bond acceptors (Lipinski definition) is 10. The first-order chi connectivity index (χ1) is 31.1. The Bertz CT molecular complexity index is 2970. The van der Waals surface area contributed by atoms with Crippen LogP contribution in [-0.2, 0) is 54.3 Å². The van der Waals surface area contributed by atoms with Gasteiger partial charge >= 0.3 is 19.5 Å². The molecule has 20 heteroatoms. The fraction of sp³-hybridized carbons (Fsp3) is 0.152. The number of benzene rings is 6. The summed E-state index contributed by atoms with van der Waals surface area (Å²) in [5.41, 5.74) is 8.16. The van der Waals surface area contributed by atoms with E-state index >= 15 is 0 Å². The molecule has 0 saturated heterocycles. The van der Waals surface area contributed by atoms with Crippen LogP contribution in [-0.4, -0.2) is 68.4 Å². The minimum atomic E-state index is -3.73. The molecular formula is C46H47N9O7S3Zn. The summed E-state index contributed by atoms with van der Waals surface area (Å²) in [6, 6.07) is 35.6. The summed E-state index contributed by atoms with van der Waals surface area (Å²) in [5.74, 6) is 0. The van der Waals surface area contributed by atoms with Gasteiger partial charge in [-0.2, -0.15) is 0 Å². The van der Waals surface area contributed by atoms with Gasteiger partial charge < -0.3 is 29.1 Å². The zero-order valence-electron chi connectivity index (χ0n) is 36.8. The number of nitrogens with zero attached hydrogens (tertiary/aromatic N) is 5. The van der Waals surface area contributed by atoms with E-state index in [0.717, 1.165) is 40.9 Å². The molecule has 3 aromatic heterocycles. The van der Waals surface area contributed by atoms with E-state index in [9.17, 15) is 25.3 Å². The molecule has 6 aromatic carbocycles. The maximum atomic E-state index is 12.3. The third-order valence-corrected chi connectivity index (χ3v) is 13.4. The maximum Gasteiger partial charge on any atom is 2.00 e. The second-order valence-corrected chi connectivity index (χ2v) is 19.1. The molecular weight excluding hydrogens is 952 g/mol. The fourth-order valence-electron chi connectivity index (χ4n) is 6.01. The van der Waals surface area contributed by atoms with Crippen molar-refractivity contribution in [2.24, 2.45) is 0 Å². The van der Waals surface area contributed by atoms with Crippen LogP contribution in [0.5, 0.6) is 0 Å². The number of hydrogen-bond donors (Lipinski definition) is 4. The molecule has 0 spiro atoms. The van der Waals surface area contributed by atoms with Gasteiger partial charge in [0.1, 0.15) is 20.0 Å². The van der Waals surface area contributed by atoms with Gasteiger partial charge in [-0.15, -0.1) is 0 Å². The van der Waals surface area contributed by atoms with Crippen LogP contribution in [0.4, 0.5) is 17.1 Å². The van der Waals surface area contributed by atoms with Gasteiger partial charge in [0, 0.05) is 13.2 Å². The molecule has 0 atom stereocenters. The monoisotopic (exact) mass is 997 g/mol. The number of H-pyrrole nitrogens is 3. The summed E-state index contributed by atoms with van der Waals surface area (Å²) in [6.45, 7) is 11.4. The molecule has 0 aliphatic carbocycles. The molecule has 3 heterocycles. The van der Waals surface area contributed by atoms with Crippen LogP contribution in [0.15, 0.2) is 161 Å². The average Bonchev–Trinajstić information content (AvgIpc) is 4.08. The van der Waals surface area contributed by atoms with Crippen molar-refractivity contribution in [2.75, 3.05) is 17.9 Å². The molecule has 0 amide bonds. The van der Waals surface area contributed by atoms with Crippen LogP contribution in [0.3, 0.4) is 0 Å². The van der Waals surface area contributed by atoms with Crippen molar-refractivity contribution >= 4 is 80.2 Å². The third-order valence-electron chi connectivity index (χ3n) is 9.37. The van der Waals surface area contributed by atoms with Crippen molar-refractivity contribution in [2.45, 2.75) is 49.3 Å². The topological polar surface area (TPSA) is 238 Å². The molecule has 66 heavy (non-hydrogen) atoms. The van der Waals surface area contributed by atoms with Gasteiger partial charge in [-0.3, -0.25) is 4.72 Å². The predicted octanol–water partition coefficient (Wildman–Crippen LogP) is 10.2. The molecule has 9 rings (SSSR count). The summed E-state index contributed by atoms with van der Waals surface area (Å²) in [5, 5.41) is 0. The van der Waals surface area contributed by atoms with Gasteiger partial charge in [0.05, 0.1) is 72.5 Å². The van der Waals surface area contributed by atoms with Crippen LogP contribution in [0, 0.1) is 20.8 Å². The molecule has 9 aromatic rings. The van der Waals surface area contributed by atoms with Crippen LogP contribution in [0.2, 0.25) is 0 Å². The van der Waals surface area contributed by atoms with Crippen molar-refractivity contribution in [3.8, 4) is 0 Å². The summed E-state index contributed by atoms with van der Waals surface area (Å²) in [6.07, 6.45) is 4.57. The van der Waals surface area contributed by atoms with Gasteiger partial charge in [-0.1, -0.05) is 94.8 Å². The molecule has 0 saturated carbocycles. The van der Waals surface area contributed by atoms with Crippen molar-refractivity contribution in [3.63, 3.8) is 0 Å². The second kappa shape index (κ2) is 22.6. The van der Waals surface area contributed by atoms with Crippen molar-refractivity contribution in [1.82, 2.24) is 29.9 Å². The maximum absolute atomic E-state index is 12.3. The fourth-order valence-corrected chi connectivity index (χ4v) is 9.06. The van der Waals surface area contributed by atoms with Gasteiger partial charge in [0.2, 0.25) is 0 Å². The van der Waals surface area contributed by atoms with Gasteiger partial charge in [-0.05, 0) is 95.3 Å². The van der Waals surface area contributed by atoms with Crippen LogP contribution in [0.25, 0.3) is 42.5 Å². The Kier molecular flexibility index (Phi) is 17.4. The third kappa shape index (κ3) is 13.1. The standard InChI is InChI=1S/C14H13N3O2S.2C14H12N3O2S.C4H10O.Zn/c3*1-10-5-7-11(8-6-10)20(18,19)17-13-4-2-3-12-14(13)16-9-15-12;1-3-5-4-2;/h2-9,17H,1H3,(H,15,16);2*2-9H,1H3,(H,15,16);3-4H2,1-2H3;/q;2*-1;;+2. The Morgan fingerprint density at radius 3 is 1.35 bits per heavy atom. The largest absolute Gasteiger partial charge is 2.00 e. The number of ether oxygens (including phenoxy) is 1. The van der Waals surface area contributed by atoms with E-state index < -0.39 is 30.1 Å². The normalized spacial score (nSPS) is 11.2. The summed E-state index contributed by atoms with van der Waals surface area (Å²) in [4.78, 5) is 21.7. The number of sulfonamides is 3. The quantitative estimate of drug-likeness (QED) is 0.0894. The predicted molar refractivity (Wildman–Crippen MR) is 255 cm³/mol. The number of aryl methyl sites for hydroxylation is 3. The van der Waals surface area contributed by atoms with Crippen molar-refractivity contribution in [1.29, 1.82) is 0 Å². The SMILES string of the molecule is CCOCC.Cc1ccc(S(=O)(=O)Nc2cccc3nc[nH]c23)cc1.Cc1ccc(S(=O)(=O)[N-]c2cccc3[nH]cnc23)cc1.Cc1ccc(S(=O)(=O)[N-]c2cccc3[nH]cnc23)cc1.[Zn+2]. The smallest absolute Gasteiger partial charge is 0.571 e. The number of para-hydroxylation sites is 3. The molecule has 0 unspecified atom stereocenters. The van der Waals surface area contributed by atoms with Crippen LogP contribution >= 0.6 is 0 Å². The van der Waals surface area contributed by atoms with Gasteiger partial charge in [0.25, 0.3) is 10.0 Å². The van der Waals surface area contributed by atoms with Crippen molar-refractivity contribution < 1.29 is 49.5 Å². The first-order valence-corrected chi connectivity index (χ1v) is 24.5. The Morgan fingerprint density at radius 2 is 0.924 bits per heavy atom. The molecule has 0 aliphatic rings. The number of aromatic nitrogens is 6.